The normalized spacial score (nSPS) is 19.6. The summed E-state index contributed by atoms with van der Waals surface area (Å²) < 4.78 is 5.65. The van der Waals surface area contributed by atoms with Crippen molar-refractivity contribution in [2.24, 2.45) is 0 Å². The Morgan fingerprint density at radius 3 is 3.05 bits per heavy atom. The van der Waals surface area contributed by atoms with E-state index in [0.717, 1.165) is 24.5 Å². The average Bonchev–Trinajstić information content (AvgIpc) is 2.52. The zero-order valence-corrected chi connectivity index (χ0v) is 13.7. The third kappa shape index (κ3) is 3.87. The maximum Gasteiger partial charge on any atom is 0.232 e. The average molecular weight is 309 g/mol. The Kier molecular flexibility index (Phi) is 5.84. The Hall–Kier alpha value is -1.31. The van der Waals surface area contributed by atoms with Crippen LogP contribution in [0.4, 0.5) is 5.95 Å². The van der Waals surface area contributed by atoms with E-state index in [1.54, 1.807) is 17.8 Å². The number of hydrogen-bond donors (Lipinski definition) is 1. The first-order valence-electron chi connectivity index (χ1n) is 6.96. The van der Waals surface area contributed by atoms with Gasteiger partial charge in [-0.25, -0.2) is 4.98 Å². The molecule has 2 heterocycles. The smallest absolute Gasteiger partial charge is 0.232 e. The molecule has 0 spiro atoms. The SMILES string of the molecule is C=CCOc1nc(N2CCN(C)CC2NC)ncc1SC. The zero-order chi connectivity index (χ0) is 15.2. The van der Waals surface area contributed by atoms with Crippen LogP contribution in [-0.2, 0) is 0 Å². The second-order valence-corrected chi connectivity index (χ2v) is 5.75. The molecule has 0 aliphatic carbocycles. The van der Waals surface area contributed by atoms with Crippen LogP contribution in [0, 0.1) is 0 Å². The van der Waals surface area contributed by atoms with Crippen molar-refractivity contribution in [1.29, 1.82) is 0 Å². The van der Waals surface area contributed by atoms with Gasteiger partial charge in [-0.1, -0.05) is 12.7 Å². The van der Waals surface area contributed by atoms with Crippen molar-refractivity contribution in [2.45, 2.75) is 11.1 Å². The number of rotatable bonds is 6. The van der Waals surface area contributed by atoms with Crippen molar-refractivity contribution in [3.63, 3.8) is 0 Å². The van der Waals surface area contributed by atoms with E-state index in [9.17, 15) is 0 Å². The number of piperazine rings is 1. The van der Waals surface area contributed by atoms with Gasteiger partial charge in [-0.3, -0.25) is 5.32 Å². The van der Waals surface area contributed by atoms with Crippen LogP contribution in [0.3, 0.4) is 0 Å². The molecule has 7 heteroatoms. The molecule has 1 saturated heterocycles. The molecule has 0 bridgehead atoms. The second kappa shape index (κ2) is 7.63. The van der Waals surface area contributed by atoms with Crippen molar-refractivity contribution >= 4 is 17.7 Å². The lowest BCUT2D eigenvalue weighted by Crippen LogP contribution is -2.58. The molecule has 6 nitrogen and oxygen atoms in total. The number of anilines is 1. The predicted octanol–water partition coefficient (Wildman–Crippen LogP) is 1.06. The maximum absolute atomic E-state index is 5.65. The molecule has 1 aromatic rings. The predicted molar refractivity (Wildman–Crippen MR) is 87.2 cm³/mol. The van der Waals surface area contributed by atoms with Gasteiger partial charge in [-0.15, -0.1) is 11.8 Å². The Labute approximate surface area is 130 Å². The van der Waals surface area contributed by atoms with Crippen molar-refractivity contribution in [3.05, 3.63) is 18.9 Å². The van der Waals surface area contributed by atoms with Crippen LogP contribution < -0.4 is 15.0 Å². The lowest BCUT2D eigenvalue weighted by Gasteiger charge is -2.39. The monoisotopic (exact) mass is 309 g/mol. The summed E-state index contributed by atoms with van der Waals surface area (Å²) in [6, 6.07) is 0. The van der Waals surface area contributed by atoms with Gasteiger partial charge in [-0.2, -0.15) is 4.98 Å². The molecule has 1 fully saturated rings. The second-order valence-electron chi connectivity index (χ2n) is 4.90. The summed E-state index contributed by atoms with van der Waals surface area (Å²) in [7, 11) is 4.08. The number of ether oxygens (including phenoxy) is 1. The number of nitrogens with one attached hydrogen (secondary N) is 1. The molecule has 2 rings (SSSR count). The van der Waals surface area contributed by atoms with E-state index in [1.807, 2.05) is 19.5 Å². The minimum absolute atomic E-state index is 0.205. The van der Waals surface area contributed by atoms with E-state index < -0.39 is 0 Å². The molecule has 1 unspecified atom stereocenters. The Bertz CT molecular complexity index is 484. The first-order valence-corrected chi connectivity index (χ1v) is 8.19. The number of likely N-dealkylation sites (N-methyl/N-ethyl adjacent to an activating group) is 2. The van der Waals surface area contributed by atoms with Crippen molar-refractivity contribution in [2.75, 3.05) is 51.5 Å². The van der Waals surface area contributed by atoms with Gasteiger partial charge in [0, 0.05) is 25.8 Å². The first-order chi connectivity index (χ1) is 10.2. The highest BCUT2D eigenvalue weighted by Gasteiger charge is 2.26. The van der Waals surface area contributed by atoms with Gasteiger partial charge in [-0.05, 0) is 20.4 Å². The minimum atomic E-state index is 0.205. The summed E-state index contributed by atoms with van der Waals surface area (Å²) in [4.78, 5) is 14.5. The number of aromatic nitrogens is 2. The molecule has 0 radical (unpaired) electrons. The van der Waals surface area contributed by atoms with Crippen LogP contribution in [0.15, 0.2) is 23.7 Å². The Morgan fingerprint density at radius 2 is 2.38 bits per heavy atom. The molecule has 1 aromatic heterocycles. The molecule has 1 aliphatic heterocycles. The quantitative estimate of drug-likeness (QED) is 0.623. The molecule has 116 valence electrons. The van der Waals surface area contributed by atoms with Gasteiger partial charge in [0.15, 0.2) is 0 Å². The molecule has 0 aromatic carbocycles. The van der Waals surface area contributed by atoms with Crippen LogP contribution >= 0.6 is 11.8 Å². The fourth-order valence-corrected chi connectivity index (χ4v) is 2.71. The van der Waals surface area contributed by atoms with E-state index >= 15 is 0 Å². The molecule has 0 amide bonds. The highest BCUT2D eigenvalue weighted by atomic mass is 32.2. The van der Waals surface area contributed by atoms with Crippen molar-refractivity contribution in [3.8, 4) is 5.88 Å². The van der Waals surface area contributed by atoms with Gasteiger partial charge in [0.1, 0.15) is 6.61 Å². The lowest BCUT2D eigenvalue weighted by molar-refractivity contribution is 0.248. The fraction of sp³-hybridized carbons (Fsp3) is 0.571. The minimum Gasteiger partial charge on any atom is -0.473 e. The summed E-state index contributed by atoms with van der Waals surface area (Å²) in [6.45, 7) is 6.95. The lowest BCUT2D eigenvalue weighted by atomic mass is 10.3. The van der Waals surface area contributed by atoms with Crippen LogP contribution in [0.2, 0.25) is 0 Å². The third-order valence-electron chi connectivity index (χ3n) is 3.44. The third-order valence-corrected chi connectivity index (χ3v) is 4.16. The molecule has 1 atom stereocenters. The summed E-state index contributed by atoms with van der Waals surface area (Å²) >= 11 is 1.58. The molecule has 0 saturated carbocycles. The number of nitrogens with zero attached hydrogens (tertiary/aromatic N) is 4. The van der Waals surface area contributed by atoms with Crippen LogP contribution in [0.1, 0.15) is 0 Å². The van der Waals surface area contributed by atoms with E-state index in [-0.39, 0.29) is 6.17 Å². The van der Waals surface area contributed by atoms with Crippen molar-refractivity contribution < 1.29 is 4.74 Å². The first kappa shape index (κ1) is 16.1. The Morgan fingerprint density at radius 1 is 1.57 bits per heavy atom. The fourth-order valence-electron chi connectivity index (χ4n) is 2.27. The van der Waals surface area contributed by atoms with Gasteiger partial charge in [0.05, 0.1) is 11.1 Å². The molecular weight excluding hydrogens is 286 g/mol. The summed E-state index contributed by atoms with van der Waals surface area (Å²) in [5.41, 5.74) is 0. The summed E-state index contributed by atoms with van der Waals surface area (Å²) in [5.74, 6) is 1.33. The van der Waals surface area contributed by atoms with Gasteiger partial charge >= 0.3 is 0 Å². The van der Waals surface area contributed by atoms with E-state index in [0.29, 0.717) is 18.4 Å². The number of thioether (sulfide) groups is 1. The highest BCUT2D eigenvalue weighted by Crippen LogP contribution is 2.27. The molecule has 21 heavy (non-hydrogen) atoms. The van der Waals surface area contributed by atoms with Crippen LogP contribution in [0.5, 0.6) is 5.88 Å². The maximum atomic E-state index is 5.65. The van der Waals surface area contributed by atoms with E-state index in [2.05, 4.69) is 38.7 Å². The van der Waals surface area contributed by atoms with Gasteiger partial charge in [0.2, 0.25) is 11.8 Å². The van der Waals surface area contributed by atoms with Crippen LogP contribution in [-0.4, -0.2) is 67.6 Å². The highest BCUT2D eigenvalue weighted by molar-refractivity contribution is 7.98. The molecule has 1 aliphatic rings. The molecular formula is C14H23N5OS. The Balaban J connectivity index is 2.23. The van der Waals surface area contributed by atoms with E-state index in [1.165, 1.54) is 0 Å². The zero-order valence-electron chi connectivity index (χ0n) is 12.9. The van der Waals surface area contributed by atoms with Crippen molar-refractivity contribution in [1.82, 2.24) is 20.2 Å². The van der Waals surface area contributed by atoms with E-state index in [4.69, 9.17) is 4.74 Å². The standard InChI is InChI=1S/C14H23N5OS/c1-5-8-20-13-11(21-4)9-16-14(17-13)19-7-6-18(3)10-12(19)15-2/h5,9,12,15H,1,6-8,10H2,2-4H3. The topological polar surface area (TPSA) is 53.5 Å². The van der Waals surface area contributed by atoms with Gasteiger partial charge < -0.3 is 14.5 Å². The largest absolute Gasteiger partial charge is 0.473 e. The van der Waals surface area contributed by atoms with Crippen LogP contribution in [0.25, 0.3) is 0 Å². The summed E-state index contributed by atoms with van der Waals surface area (Å²) in [5, 5.41) is 3.32. The molecule has 1 N–H and O–H groups in total. The van der Waals surface area contributed by atoms with Gasteiger partial charge in [0.25, 0.3) is 0 Å². The summed E-state index contributed by atoms with van der Waals surface area (Å²) in [6.07, 6.45) is 5.75. The number of hydrogen-bond acceptors (Lipinski definition) is 7.